The Morgan fingerprint density at radius 2 is 1.74 bits per heavy atom. The van der Waals surface area contributed by atoms with Crippen LogP contribution < -0.4 is 0 Å². The van der Waals surface area contributed by atoms with Crippen molar-refractivity contribution in [2.45, 2.75) is 58.3 Å². The summed E-state index contributed by atoms with van der Waals surface area (Å²) in [5.74, 6) is 10.9. The number of rotatable bonds is 11. The number of carbonyl (C=O) groups is 1. The fraction of sp³-hybridized carbons (Fsp3) is 0.550. The van der Waals surface area contributed by atoms with Gasteiger partial charge < -0.3 is 9.84 Å². The average Bonchev–Trinajstić information content (AvgIpc) is 2.53. The van der Waals surface area contributed by atoms with Crippen molar-refractivity contribution in [2.24, 2.45) is 0 Å². The minimum absolute atomic E-state index is 0.0130. The number of hydrogen-bond acceptors (Lipinski definition) is 3. The van der Waals surface area contributed by atoms with Crippen LogP contribution in [0.15, 0.2) is 24.3 Å². The molecule has 0 aromatic carbocycles. The van der Waals surface area contributed by atoms with Crippen molar-refractivity contribution in [2.75, 3.05) is 13.2 Å². The summed E-state index contributed by atoms with van der Waals surface area (Å²) in [6.45, 7) is 2.02. The van der Waals surface area contributed by atoms with E-state index in [4.69, 9.17) is 9.84 Å². The Labute approximate surface area is 140 Å². The number of aliphatic hydroxyl groups excluding tert-OH is 1. The van der Waals surface area contributed by atoms with Crippen LogP contribution in [0, 0.1) is 23.7 Å². The van der Waals surface area contributed by atoms with Crippen LogP contribution in [0.4, 0.5) is 0 Å². The van der Waals surface area contributed by atoms with Gasteiger partial charge in [0.15, 0.2) is 0 Å². The van der Waals surface area contributed by atoms with Crippen molar-refractivity contribution in [1.82, 2.24) is 0 Å². The number of aliphatic hydroxyl groups is 1. The van der Waals surface area contributed by atoms with Gasteiger partial charge in [0, 0.05) is 13.3 Å². The summed E-state index contributed by atoms with van der Waals surface area (Å²) in [6, 6.07) is 0. The molecule has 126 valence electrons. The van der Waals surface area contributed by atoms with Crippen LogP contribution in [0.1, 0.15) is 58.3 Å². The lowest BCUT2D eigenvalue weighted by Gasteiger charge is -2.01. The highest BCUT2D eigenvalue weighted by Gasteiger charge is 1.93. The maximum Gasteiger partial charge on any atom is 0.302 e. The Morgan fingerprint density at radius 1 is 1.00 bits per heavy atom. The van der Waals surface area contributed by atoms with Gasteiger partial charge >= 0.3 is 5.97 Å². The minimum atomic E-state index is -0.188. The Kier molecular flexibility index (Phi) is 16.5. The SMILES string of the molecule is CC(=O)OCCCCCCCC/C=C\CC#CC#C/C=C/CO. The second kappa shape index (κ2) is 18.1. The van der Waals surface area contributed by atoms with Crippen LogP contribution in [0.3, 0.4) is 0 Å². The summed E-state index contributed by atoms with van der Waals surface area (Å²) >= 11 is 0. The van der Waals surface area contributed by atoms with Crippen molar-refractivity contribution in [3.63, 3.8) is 0 Å². The summed E-state index contributed by atoms with van der Waals surface area (Å²) in [4.78, 5) is 10.6. The monoisotopic (exact) mass is 316 g/mol. The van der Waals surface area contributed by atoms with Gasteiger partial charge in [-0.3, -0.25) is 4.79 Å². The third-order valence-electron chi connectivity index (χ3n) is 2.99. The molecule has 3 nitrogen and oxygen atoms in total. The van der Waals surface area contributed by atoms with Crippen LogP contribution in [0.5, 0.6) is 0 Å². The quantitative estimate of drug-likeness (QED) is 0.273. The normalized spacial score (nSPS) is 10.2. The number of unbranched alkanes of at least 4 members (excludes halogenated alkanes) is 6. The lowest BCUT2D eigenvalue weighted by atomic mass is 10.1. The lowest BCUT2D eigenvalue weighted by Crippen LogP contribution is -1.99. The van der Waals surface area contributed by atoms with E-state index < -0.39 is 0 Å². The van der Waals surface area contributed by atoms with Gasteiger partial charge in [0.2, 0.25) is 0 Å². The van der Waals surface area contributed by atoms with Crippen LogP contribution >= 0.6 is 0 Å². The molecule has 0 saturated carbocycles. The molecule has 0 heterocycles. The van der Waals surface area contributed by atoms with E-state index in [1.807, 2.05) is 0 Å². The highest BCUT2D eigenvalue weighted by Crippen LogP contribution is 2.07. The Hall–Kier alpha value is -1.97. The highest BCUT2D eigenvalue weighted by atomic mass is 16.5. The maximum atomic E-state index is 10.6. The summed E-state index contributed by atoms with van der Waals surface area (Å²) in [5, 5.41) is 8.49. The maximum absolute atomic E-state index is 10.6. The third kappa shape index (κ3) is 20.0. The molecule has 0 fully saturated rings. The first-order valence-corrected chi connectivity index (χ1v) is 8.30. The zero-order valence-electron chi connectivity index (χ0n) is 14.1. The Balaban J connectivity index is 3.34. The second-order valence-electron chi connectivity index (χ2n) is 5.08. The molecule has 3 heteroatoms. The summed E-state index contributed by atoms with van der Waals surface area (Å²) in [7, 11) is 0. The van der Waals surface area contributed by atoms with E-state index in [1.165, 1.54) is 32.6 Å². The number of hydrogen-bond donors (Lipinski definition) is 1. The van der Waals surface area contributed by atoms with Crippen LogP contribution in [0.25, 0.3) is 0 Å². The van der Waals surface area contributed by atoms with Crippen molar-refractivity contribution >= 4 is 5.97 Å². The topological polar surface area (TPSA) is 46.5 Å². The van der Waals surface area contributed by atoms with E-state index >= 15 is 0 Å². The van der Waals surface area contributed by atoms with E-state index in [0.717, 1.165) is 25.7 Å². The largest absolute Gasteiger partial charge is 0.466 e. The fourth-order valence-corrected chi connectivity index (χ4v) is 1.83. The molecule has 0 amide bonds. The standard InChI is InChI=1S/C20H28O3/c1-20(22)23-19-17-15-13-11-9-7-5-3-2-4-6-8-10-12-14-16-18-21/h2-3,14,16,21H,4-5,7,9,11,13,15,17-19H2,1H3/b3-2-,16-14+. The van der Waals surface area contributed by atoms with Crippen molar-refractivity contribution < 1.29 is 14.6 Å². The molecule has 0 bridgehead atoms. The van der Waals surface area contributed by atoms with Gasteiger partial charge in [0.1, 0.15) is 0 Å². The number of carbonyl (C=O) groups excluding carboxylic acids is 1. The molecular formula is C20H28O3. The molecule has 0 unspecified atom stereocenters. The van der Waals surface area contributed by atoms with Crippen molar-refractivity contribution in [3.05, 3.63) is 24.3 Å². The van der Waals surface area contributed by atoms with Crippen LogP contribution in [0.2, 0.25) is 0 Å². The van der Waals surface area contributed by atoms with E-state index in [-0.39, 0.29) is 12.6 Å². The molecule has 0 aliphatic carbocycles. The summed E-state index contributed by atoms with van der Waals surface area (Å²) < 4.78 is 4.89. The first-order valence-electron chi connectivity index (χ1n) is 8.30. The molecule has 0 atom stereocenters. The first-order chi connectivity index (χ1) is 11.3. The van der Waals surface area contributed by atoms with Gasteiger partial charge in [0.25, 0.3) is 0 Å². The molecule has 0 spiro atoms. The van der Waals surface area contributed by atoms with E-state index in [2.05, 4.69) is 35.8 Å². The molecule has 0 radical (unpaired) electrons. The predicted octanol–water partition coefficient (Wildman–Crippen LogP) is 3.78. The van der Waals surface area contributed by atoms with Gasteiger partial charge in [-0.05, 0) is 37.2 Å². The summed E-state index contributed by atoms with van der Waals surface area (Å²) in [6.07, 6.45) is 16.3. The molecule has 0 aliphatic heterocycles. The second-order valence-corrected chi connectivity index (χ2v) is 5.08. The zero-order valence-corrected chi connectivity index (χ0v) is 14.1. The number of ether oxygens (including phenoxy) is 1. The van der Waals surface area contributed by atoms with E-state index in [9.17, 15) is 4.79 Å². The fourth-order valence-electron chi connectivity index (χ4n) is 1.83. The van der Waals surface area contributed by atoms with E-state index in [0.29, 0.717) is 6.61 Å². The minimum Gasteiger partial charge on any atom is -0.466 e. The molecule has 0 saturated heterocycles. The average molecular weight is 316 g/mol. The van der Waals surface area contributed by atoms with Crippen LogP contribution in [-0.2, 0) is 9.53 Å². The lowest BCUT2D eigenvalue weighted by molar-refractivity contribution is -0.141. The Morgan fingerprint density at radius 3 is 2.48 bits per heavy atom. The van der Waals surface area contributed by atoms with Crippen molar-refractivity contribution in [1.29, 1.82) is 0 Å². The smallest absolute Gasteiger partial charge is 0.302 e. The molecule has 23 heavy (non-hydrogen) atoms. The predicted molar refractivity (Wildman–Crippen MR) is 94.5 cm³/mol. The Bertz CT molecular complexity index is 467. The molecule has 0 aromatic heterocycles. The summed E-state index contributed by atoms with van der Waals surface area (Å²) in [5.41, 5.74) is 0. The number of allylic oxidation sites excluding steroid dienone is 3. The highest BCUT2D eigenvalue weighted by molar-refractivity contribution is 5.65. The molecule has 1 N–H and O–H groups in total. The molecule has 0 aliphatic rings. The van der Waals surface area contributed by atoms with E-state index in [1.54, 1.807) is 12.2 Å². The number of esters is 1. The first kappa shape index (κ1) is 21.0. The van der Waals surface area contributed by atoms with Gasteiger partial charge in [-0.15, -0.1) is 0 Å². The molecule has 0 rings (SSSR count). The van der Waals surface area contributed by atoms with Gasteiger partial charge in [-0.2, -0.15) is 0 Å². The molecule has 0 aromatic rings. The van der Waals surface area contributed by atoms with Gasteiger partial charge in [-0.1, -0.05) is 55.8 Å². The zero-order chi connectivity index (χ0) is 17.0. The molecular weight excluding hydrogens is 288 g/mol. The third-order valence-corrected chi connectivity index (χ3v) is 2.99. The van der Waals surface area contributed by atoms with Crippen LogP contribution in [-0.4, -0.2) is 24.3 Å². The van der Waals surface area contributed by atoms with Gasteiger partial charge in [-0.25, -0.2) is 0 Å². The van der Waals surface area contributed by atoms with Crippen molar-refractivity contribution in [3.8, 4) is 23.7 Å². The van der Waals surface area contributed by atoms with Gasteiger partial charge in [0.05, 0.1) is 13.2 Å².